The fourth-order valence-corrected chi connectivity index (χ4v) is 0.0445. The predicted molar refractivity (Wildman–Crippen MR) is 14.1 cm³/mol. The molecule has 0 bridgehead atoms. The van der Waals surface area contributed by atoms with Gasteiger partial charge in [-0.2, -0.15) is 4.94 Å². The molecule has 3 heteroatoms. The van der Waals surface area contributed by atoms with Crippen molar-refractivity contribution in [2.75, 3.05) is 13.9 Å². The highest BCUT2D eigenvalue weighted by Gasteiger charge is 1.68. The van der Waals surface area contributed by atoms with Crippen molar-refractivity contribution in [1.29, 1.82) is 0 Å². The van der Waals surface area contributed by atoms with Gasteiger partial charge in [-0.1, -0.05) is 0 Å². The first-order valence-corrected chi connectivity index (χ1v) is 1.14. The lowest BCUT2D eigenvalue weighted by Crippen LogP contribution is -1.83. The van der Waals surface area contributed by atoms with E-state index in [9.17, 15) is 4.53 Å². The topological polar surface area (TPSA) is 18.5 Å². The molecule has 5 heavy (non-hydrogen) atoms. The number of hydrogen-bond donors (Lipinski definition) is 0. The number of methoxy groups -OCH3 is 1. The molecule has 0 aliphatic rings. The Morgan fingerprint density at radius 3 is 2.40 bits per heavy atom. The molecule has 0 unspecified atom stereocenters. The van der Waals surface area contributed by atoms with Crippen molar-refractivity contribution in [3.05, 3.63) is 0 Å². The van der Waals surface area contributed by atoms with Crippen LogP contribution in [0, 0.1) is 0 Å². The van der Waals surface area contributed by atoms with Crippen LogP contribution < -0.4 is 0 Å². The van der Waals surface area contributed by atoms with E-state index in [-0.39, 0.29) is 6.79 Å². The fourth-order valence-electron chi connectivity index (χ4n) is 0.0445. The third kappa shape index (κ3) is 3.85. The van der Waals surface area contributed by atoms with Gasteiger partial charge in [-0.05, 0) is 4.53 Å². The van der Waals surface area contributed by atoms with Crippen molar-refractivity contribution in [2.45, 2.75) is 0 Å². The minimum absolute atomic E-state index is 0.278. The van der Waals surface area contributed by atoms with Gasteiger partial charge in [0.25, 0.3) is 0 Å². The van der Waals surface area contributed by atoms with Gasteiger partial charge in [0.2, 0.25) is 0 Å². The highest BCUT2D eigenvalue weighted by molar-refractivity contribution is 3.77. The molecule has 0 amide bonds. The van der Waals surface area contributed by atoms with Crippen LogP contribution in [-0.2, 0) is 9.68 Å². The third-order valence-corrected chi connectivity index (χ3v) is 0.162. The van der Waals surface area contributed by atoms with Crippen LogP contribution in [0.15, 0.2) is 0 Å². The molecule has 0 aromatic heterocycles. The highest BCUT2D eigenvalue weighted by Crippen LogP contribution is 1.68. The van der Waals surface area contributed by atoms with Gasteiger partial charge in [0, 0.05) is 7.11 Å². The highest BCUT2D eigenvalue weighted by atomic mass is 19.3. The molecule has 0 aromatic carbocycles. The maximum atomic E-state index is 10.4. The second-order valence-corrected chi connectivity index (χ2v) is 0.516. The van der Waals surface area contributed by atoms with Crippen LogP contribution in [0.3, 0.4) is 0 Å². The number of ether oxygens (including phenoxy) is 1. The summed E-state index contributed by atoms with van der Waals surface area (Å²) >= 11 is 0. The van der Waals surface area contributed by atoms with E-state index in [0.29, 0.717) is 0 Å². The van der Waals surface area contributed by atoms with E-state index in [1.807, 2.05) is 0 Å². The van der Waals surface area contributed by atoms with Gasteiger partial charge in [0.05, 0.1) is 0 Å². The first-order valence-electron chi connectivity index (χ1n) is 1.14. The maximum absolute atomic E-state index is 10.4. The molecular formula is C2H5FO2. The van der Waals surface area contributed by atoms with Gasteiger partial charge >= 0.3 is 0 Å². The SMILES string of the molecule is COCOF. The summed E-state index contributed by atoms with van der Waals surface area (Å²) in [5.41, 5.74) is 0. The first kappa shape index (κ1) is 4.85. The van der Waals surface area contributed by atoms with Crippen molar-refractivity contribution < 1.29 is 14.2 Å². The molecule has 0 rings (SSSR count). The van der Waals surface area contributed by atoms with Gasteiger partial charge in [0.1, 0.15) is 0 Å². The average molecular weight is 80.1 g/mol. The summed E-state index contributed by atoms with van der Waals surface area (Å²) in [5, 5.41) is 0. The zero-order chi connectivity index (χ0) is 4.12. The van der Waals surface area contributed by atoms with Crippen LogP contribution in [0.2, 0.25) is 0 Å². The van der Waals surface area contributed by atoms with E-state index in [1.165, 1.54) is 7.11 Å². The minimum Gasteiger partial charge on any atom is -0.355 e. The monoisotopic (exact) mass is 80.0 g/mol. The molecule has 32 valence electrons. The summed E-state index contributed by atoms with van der Waals surface area (Å²) < 4.78 is 14.5. The lowest BCUT2D eigenvalue weighted by atomic mass is 11.4. The lowest BCUT2D eigenvalue weighted by molar-refractivity contribution is -0.203. The summed E-state index contributed by atoms with van der Waals surface area (Å²) in [6, 6.07) is 0. The van der Waals surface area contributed by atoms with Crippen molar-refractivity contribution in [1.82, 2.24) is 0 Å². The summed E-state index contributed by atoms with van der Waals surface area (Å²) in [6.45, 7) is -0.278. The van der Waals surface area contributed by atoms with Crippen LogP contribution in [-0.4, -0.2) is 13.9 Å². The number of hydrogen-bond acceptors (Lipinski definition) is 2. The first-order chi connectivity index (χ1) is 2.41. The molecule has 0 atom stereocenters. The lowest BCUT2D eigenvalue weighted by Gasteiger charge is -1.82. The molecule has 0 aliphatic heterocycles. The van der Waals surface area contributed by atoms with Gasteiger partial charge in [0.15, 0.2) is 6.79 Å². The molecule has 0 saturated heterocycles. The quantitative estimate of drug-likeness (QED) is 0.449. The summed E-state index contributed by atoms with van der Waals surface area (Å²) in [6.07, 6.45) is 0. The van der Waals surface area contributed by atoms with Gasteiger partial charge < -0.3 is 4.74 Å². The van der Waals surface area contributed by atoms with Crippen LogP contribution >= 0.6 is 0 Å². The van der Waals surface area contributed by atoms with Crippen molar-refractivity contribution in [3.8, 4) is 0 Å². The minimum atomic E-state index is -0.278. The molecule has 0 radical (unpaired) electrons. The molecule has 0 N–H and O–H groups in total. The smallest absolute Gasteiger partial charge is 0.185 e. The van der Waals surface area contributed by atoms with Crippen LogP contribution in [0.25, 0.3) is 0 Å². The van der Waals surface area contributed by atoms with Crippen molar-refractivity contribution >= 4 is 0 Å². The fraction of sp³-hybridized carbons (Fsp3) is 1.00. The molecule has 0 fully saturated rings. The molecular weight excluding hydrogens is 75.0 g/mol. The Morgan fingerprint density at radius 2 is 2.40 bits per heavy atom. The summed E-state index contributed by atoms with van der Waals surface area (Å²) in [7, 11) is 1.35. The maximum Gasteiger partial charge on any atom is 0.185 e. The Labute approximate surface area is 29.4 Å². The zero-order valence-electron chi connectivity index (χ0n) is 2.90. The number of halogens is 1. The Balaban J connectivity index is 2.19. The largest absolute Gasteiger partial charge is 0.355 e. The Morgan fingerprint density at radius 1 is 1.80 bits per heavy atom. The summed E-state index contributed by atoms with van der Waals surface area (Å²) in [5.74, 6) is 0. The normalized spacial score (nSPS) is 8.40. The van der Waals surface area contributed by atoms with Gasteiger partial charge in [-0.15, -0.1) is 0 Å². The molecule has 0 spiro atoms. The molecule has 0 aromatic rings. The number of rotatable bonds is 2. The Hall–Kier alpha value is -0.150. The van der Waals surface area contributed by atoms with E-state index in [2.05, 4.69) is 9.68 Å². The Kier molecular flexibility index (Phi) is 3.73. The molecule has 0 aliphatic carbocycles. The van der Waals surface area contributed by atoms with Crippen LogP contribution in [0.4, 0.5) is 4.53 Å². The standard InChI is InChI=1S/C2H5FO2/c1-4-2-5-3/h2H2,1H3. The van der Waals surface area contributed by atoms with Crippen LogP contribution in [0.1, 0.15) is 0 Å². The van der Waals surface area contributed by atoms with E-state index < -0.39 is 0 Å². The second kappa shape index (κ2) is 3.85. The van der Waals surface area contributed by atoms with E-state index in [1.54, 1.807) is 0 Å². The van der Waals surface area contributed by atoms with E-state index in [4.69, 9.17) is 0 Å². The van der Waals surface area contributed by atoms with E-state index >= 15 is 0 Å². The van der Waals surface area contributed by atoms with Gasteiger partial charge in [-0.25, -0.2) is 0 Å². The predicted octanol–water partition coefficient (Wildman–Crippen LogP) is 0.491. The van der Waals surface area contributed by atoms with Crippen molar-refractivity contribution in [2.24, 2.45) is 0 Å². The van der Waals surface area contributed by atoms with Crippen LogP contribution in [0.5, 0.6) is 0 Å². The van der Waals surface area contributed by atoms with E-state index in [0.717, 1.165) is 0 Å². The third-order valence-electron chi connectivity index (χ3n) is 0.162. The second-order valence-electron chi connectivity index (χ2n) is 0.516. The molecule has 0 heterocycles. The molecule has 2 nitrogen and oxygen atoms in total. The average Bonchev–Trinajstić information content (AvgIpc) is 1.41. The molecule has 0 saturated carbocycles. The van der Waals surface area contributed by atoms with Gasteiger partial charge in [-0.3, -0.25) is 0 Å². The summed E-state index contributed by atoms with van der Waals surface area (Å²) in [4.78, 5) is 2.97. The van der Waals surface area contributed by atoms with Crippen molar-refractivity contribution in [3.63, 3.8) is 0 Å². The Bertz CT molecular complexity index is 15.1. The zero-order valence-corrected chi connectivity index (χ0v) is 2.90.